The van der Waals surface area contributed by atoms with Crippen molar-refractivity contribution in [1.82, 2.24) is 29.7 Å². The van der Waals surface area contributed by atoms with E-state index in [0.717, 1.165) is 69.6 Å². The molecule has 0 spiro atoms. The van der Waals surface area contributed by atoms with Crippen molar-refractivity contribution in [2.24, 2.45) is 5.92 Å². The third-order valence-electron chi connectivity index (χ3n) is 7.94. The number of nitrogens with zero attached hydrogens (tertiary/aromatic N) is 5. The maximum Gasteiger partial charge on any atom is 0.320 e. The molecule has 0 saturated carbocycles. The van der Waals surface area contributed by atoms with Gasteiger partial charge in [0.05, 0.1) is 27.2 Å². The fourth-order valence-corrected chi connectivity index (χ4v) is 5.57. The molecule has 242 valence electrons. The second-order valence-corrected chi connectivity index (χ2v) is 11.2. The van der Waals surface area contributed by atoms with Crippen LogP contribution in [0.4, 0.5) is 5.82 Å². The molecule has 1 saturated heterocycles. The molecule has 1 unspecified atom stereocenters. The molecule has 3 N–H and O–H groups in total. The molecule has 0 bridgehead atoms. The van der Waals surface area contributed by atoms with Gasteiger partial charge in [0.2, 0.25) is 0 Å². The molecule has 0 amide bonds. The summed E-state index contributed by atoms with van der Waals surface area (Å²) >= 11 is 0. The highest BCUT2D eigenvalue weighted by molar-refractivity contribution is 5.83. The molecule has 3 heterocycles. The Kier molecular flexibility index (Phi) is 12.8. The average molecular weight is 614 g/mol. The summed E-state index contributed by atoms with van der Waals surface area (Å²) in [5.74, 6) is 1.32. The van der Waals surface area contributed by atoms with Gasteiger partial charge >= 0.3 is 12.0 Å². The topological polar surface area (TPSA) is 148 Å². The number of methoxy groups -OCH3 is 3. The van der Waals surface area contributed by atoms with Crippen LogP contribution in [0.5, 0.6) is 17.8 Å². The Morgan fingerprint density at radius 1 is 1.09 bits per heavy atom. The van der Waals surface area contributed by atoms with Gasteiger partial charge in [-0.1, -0.05) is 12.1 Å². The molecule has 2 aromatic heterocycles. The Hall–Kier alpha value is -3.68. The number of nitrogen functional groups attached to an aromatic ring is 1. The lowest BCUT2D eigenvalue weighted by molar-refractivity contribution is -0.139. The minimum atomic E-state index is -0.270. The predicted octanol–water partition coefficient (Wildman–Crippen LogP) is 2.88. The van der Waals surface area contributed by atoms with E-state index in [9.17, 15) is 4.79 Å². The molecule has 1 aliphatic heterocycles. The number of carbonyl (C=O) groups excluding carboxylic acids is 1. The smallest absolute Gasteiger partial charge is 0.320 e. The zero-order valence-electron chi connectivity index (χ0n) is 26.4. The number of hydrogen-bond acceptors (Lipinski definition) is 12. The van der Waals surface area contributed by atoms with Gasteiger partial charge in [-0.05, 0) is 82.4 Å². The number of piperidine rings is 1. The lowest BCUT2D eigenvalue weighted by atomic mass is 9.89. The highest BCUT2D eigenvalue weighted by Gasteiger charge is 2.27. The van der Waals surface area contributed by atoms with E-state index in [1.807, 2.05) is 24.3 Å². The van der Waals surface area contributed by atoms with Crippen molar-refractivity contribution in [3.63, 3.8) is 0 Å². The van der Waals surface area contributed by atoms with Crippen LogP contribution in [0.2, 0.25) is 0 Å². The minimum Gasteiger partial charge on any atom is -0.492 e. The monoisotopic (exact) mass is 613 g/mol. The number of benzene rings is 1. The Labute approximate surface area is 259 Å². The van der Waals surface area contributed by atoms with Crippen LogP contribution in [0.3, 0.4) is 0 Å². The molecule has 3 aromatic rings. The Balaban J connectivity index is 1.41. The van der Waals surface area contributed by atoms with Crippen LogP contribution in [0.1, 0.15) is 43.7 Å². The van der Waals surface area contributed by atoms with E-state index in [-0.39, 0.29) is 30.3 Å². The van der Waals surface area contributed by atoms with Crippen molar-refractivity contribution in [2.75, 3.05) is 80.1 Å². The first-order chi connectivity index (χ1) is 21.4. The van der Waals surface area contributed by atoms with E-state index in [4.69, 9.17) is 34.4 Å². The number of nitrogens with one attached hydrogen (secondary N) is 1. The zero-order valence-corrected chi connectivity index (χ0v) is 26.4. The second kappa shape index (κ2) is 17.0. The normalized spacial score (nSPS) is 14.6. The maximum absolute atomic E-state index is 11.6. The predicted molar refractivity (Wildman–Crippen MR) is 167 cm³/mol. The Morgan fingerprint density at radius 3 is 2.66 bits per heavy atom. The number of nitrogens with two attached hydrogens (primary N) is 1. The van der Waals surface area contributed by atoms with Crippen molar-refractivity contribution in [1.29, 1.82) is 0 Å². The van der Waals surface area contributed by atoms with Gasteiger partial charge in [-0.25, -0.2) is 0 Å². The SMILES string of the molecule is COCCOc1nc(N)c2nc(OC)n(C(CCCN(C)CCOc3cccc(CC(=O)OC)c3)CC3CCNCC3)c2n1. The van der Waals surface area contributed by atoms with E-state index >= 15 is 0 Å². The summed E-state index contributed by atoms with van der Waals surface area (Å²) in [7, 11) is 6.73. The first-order valence-electron chi connectivity index (χ1n) is 15.3. The first kappa shape index (κ1) is 33.2. The second-order valence-electron chi connectivity index (χ2n) is 11.2. The molecule has 1 atom stereocenters. The number of esters is 1. The number of anilines is 1. The maximum atomic E-state index is 11.6. The number of imidazole rings is 1. The van der Waals surface area contributed by atoms with Crippen LogP contribution in [0.15, 0.2) is 24.3 Å². The quantitative estimate of drug-likeness (QED) is 0.161. The third-order valence-corrected chi connectivity index (χ3v) is 7.94. The lowest BCUT2D eigenvalue weighted by Crippen LogP contribution is -2.30. The highest BCUT2D eigenvalue weighted by Crippen LogP contribution is 2.35. The molecule has 1 aliphatic rings. The van der Waals surface area contributed by atoms with Crippen LogP contribution in [-0.2, 0) is 20.7 Å². The van der Waals surface area contributed by atoms with Gasteiger partial charge in [-0.15, -0.1) is 0 Å². The van der Waals surface area contributed by atoms with Crippen molar-refractivity contribution in [3.8, 4) is 17.8 Å². The van der Waals surface area contributed by atoms with Crippen LogP contribution < -0.4 is 25.3 Å². The molecule has 1 fully saturated rings. The number of aromatic nitrogens is 4. The van der Waals surface area contributed by atoms with Crippen LogP contribution in [0.25, 0.3) is 11.2 Å². The molecule has 0 aliphatic carbocycles. The number of hydrogen-bond donors (Lipinski definition) is 2. The molecule has 13 heteroatoms. The van der Waals surface area contributed by atoms with Crippen LogP contribution in [0, 0.1) is 5.92 Å². The molecular weight excluding hydrogens is 566 g/mol. The van der Waals surface area contributed by atoms with Gasteiger partial charge in [0.1, 0.15) is 19.0 Å². The zero-order chi connectivity index (χ0) is 31.3. The number of fused-ring (bicyclic) bond motifs is 1. The van der Waals surface area contributed by atoms with Crippen molar-refractivity contribution >= 4 is 23.0 Å². The van der Waals surface area contributed by atoms with E-state index in [2.05, 4.69) is 31.8 Å². The van der Waals surface area contributed by atoms with Crippen molar-refractivity contribution < 1.29 is 28.5 Å². The summed E-state index contributed by atoms with van der Waals surface area (Å²) in [6.07, 6.45) is 5.35. The molecule has 4 rings (SSSR count). The fourth-order valence-electron chi connectivity index (χ4n) is 5.57. The summed E-state index contributed by atoms with van der Waals surface area (Å²) in [6.45, 7) is 5.00. The van der Waals surface area contributed by atoms with Gasteiger partial charge in [0.15, 0.2) is 17.0 Å². The molecule has 13 nitrogen and oxygen atoms in total. The van der Waals surface area contributed by atoms with E-state index in [1.54, 1.807) is 14.2 Å². The fraction of sp³-hybridized carbons (Fsp3) is 0.613. The summed E-state index contributed by atoms with van der Waals surface area (Å²) in [5.41, 5.74) is 8.31. The third kappa shape index (κ3) is 9.41. The number of ether oxygens (including phenoxy) is 5. The Bertz CT molecular complexity index is 1330. The average Bonchev–Trinajstić information content (AvgIpc) is 3.40. The first-order valence-corrected chi connectivity index (χ1v) is 15.3. The van der Waals surface area contributed by atoms with E-state index in [1.165, 1.54) is 7.11 Å². The van der Waals surface area contributed by atoms with Gasteiger partial charge in [0.25, 0.3) is 6.01 Å². The molecule has 1 aromatic carbocycles. The summed E-state index contributed by atoms with van der Waals surface area (Å²) < 4.78 is 29.4. The van der Waals surface area contributed by atoms with Crippen molar-refractivity contribution in [3.05, 3.63) is 29.8 Å². The number of likely N-dealkylation sites (N-methyl/N-ethyl adjacent to an activating group) is 1. The van der Waals surface area contributed by atoms with Gasteiger partial charge in [-0.2, -0.15) is 15.0 Å². The highest BCUT2D eigenvalue weighted by atomic mass is 16.5. The summed E-state index contributed by atoms with van der Waals surface area (Å²) in [4.78, 5) is 27.6. The van der Waals surface area contributed by atoms with Crippen LogP contribution >= 0.6 is 0 Å². The Morgan fingerprint density at radius 2 is 1.91 bits per heavy atom. The molecule has 44 heavy (non-hydrogen) atoms. The van der Waals surface area contributed by atoms with Gasteiger partial charge in [0, 0.05) is 19.7 Å². The minimum absolute atomic E-state index is 0.112. The summed E-state index contributed by atoms with van der Waals surface area (Å²) in [5, 5.41) is 3.47. The standard InChI is InChI=1S/C31H47N7O6/c1-37(15-16-43-25-9-5-7-23(20-25)21-26(39)41-3)14-6-8-24(19-22-10-12-33-13-11-22)38-29-27(34-31(38)42-4)28(32)35-30(36-29)44-18-17-40-2/h5,7,9,20,22,24,33H,6,8,10-19,21H2,1-4H3,(H2,32,35,36). The van der Waals surface area contributed by atoms with E-state index in [0.29, 0.717) is 42.9 Å². The largest absolute Gasteiger partial charge is 0.492 e. The molecule has 0 radical (unpaired) electrons. The van der Waals surface area contributed by atoms with Crippen molar-refractivity contribution in [2.45, 2.75) is 44.6 Å². The van der Waals surface area contributed by atoms with Crippen LogP contribution in [-0.4, -0.2) is 105 Å². The molecular formula is C31H47N7O6. The van der Waals surface area contributed by atoms with Gasteiger partial charge in [-0.3, -0.25) is 9.36 Å². The number of rotatable bonds is 18. The summed E-state index contributed by atoms with van der Waals surface area (Å²) in [6, 6.07) is 8.36. The number of carbonyl (C=O) groups is 1. The lowest BCUT2D eigenvalue weighted by Gasteiger charge is -2.29. The van der Waals surface area contributed by atoms with E-state index < -0.39 is 0 Å². The van der Waals surface area contributed by atoms with Gasteiger partial charge < -0.3 is 39.6 Å².